The fraction of sp³-hybridized carbons (Fsp3) is 0.611. The van der Waals surface area contributed by atoms with E-state index in [1.165, 1.54) is 11.1 Å². The van der Waals surface area contributed by atoms with E-state index in [2.05, 4.69) is 56.5 Å². The number of aryl methyl sites for hydroxylation is 1. The smallest absolute Gasteiger partial charge is 0.224 e. The highest BCUT2D eigenvalue weighted by molar-refractivity contribution is 5.92. The SMILES string of the molecule is CCNC(CC(C)(C)C)c1ccc2c(c1)CCCC(=O)N2. The lowest BCUT2D eigenvalue weighted by molar-refractivity contribution is -0.116. The second kappa shape index (κ2) is 6.61. The van der Waals surface area contributed by atoms with Crippen LogP contribution in [0, 0.1) is 5.41 Å². The Morgan fingerprint density at radius 1 is 1.29 bits per heavy atom. The third-order valence-corrected chi connectivity index (χ3v) is 3.92. The summed E-state index contributed by atoms with van der Waals surface area (Å²) in [5, 5.41) is 6.61. The first-order valence-electron chi connectivity index (χ1n) is 8.05. The van der Waals surface area contributed by atoms with Crippen molar-refractivity contribution >= 4 is 11.6 Å². The van der Waals surface area contributed by atoms with Gasteiger partial charge in [0.1, 0.15) is 0 Å². The molecule has 1 unspecified atom stereocenters. The van der Waals surface area contributed by atoms with Crippen molar-refractivity contribution in [3.63, 3.8) is 0 Å². The zero-order valence-electron chi connectivity index (χ0n) is 13.8. The van der Waals surface area contributed by atoms with Crippen LogP contribution in [0.15, 0.2) is 18.2 Å². The van der Waals surface area contributed by atoms with Gasteiger partial charge in [-0.25, -0.2) is 0 Å². The molecule has 2 rings (SSSR count). The average Bonchev–Trinajstić information content (AvgIpc) is 2.56. The average molecular weight is 288 g/mol. The molecule has 1 aromatic rings. The second-order valence-corrected chi connectivity index (χ2v) is 7.19. The van der Waals surface area contributed by atoms with Crippen molar-refractivity contribution < 1.29 is 4.79 Å². The monoisotopic (exact) mass is 288 g/mol. The minimum Gasteiger partial charge on any atom is -0.326 e. The van der Waals surface area contributed by atoms with Crippen LogP contribution in [0.3, 0.4) is 0 Å². The van der Waals surface area contributed by atoms with Gasteiger partial charge < -0.3 is 10.6 Å². The molecule has 1 atom stereocenters. The number of nitrogens with one attached hydrogen (secondary N) is 2. The van der Waals surface area contributed by atoms with Crippen molar-refractivity contribution in [3.05, 3.63) is 29.3 Å². The summed E-state index contributed by atoms with van der Waals surface area (Å²) in [5.41, 5.74) is 3.89. The molecule has 1 amide bonds. The fourth-order valence-corrected chi connectivity index (χ4v) is 2.98. The molecule has 21 heavy (non-hydrogen) atoms. The zero-order valence-corrected chi connectivity index (χ0v) is 13.8. The van der Waals surface area contributed by atoms with Crippen molar-refractivity contribution in [1.82, 2.24) is 5.32 Å². The first-order valence-corrected chi connectivity index (χ1v) is 8.05. The number of rotatable bonds is 4. The molecule has 0 bridgehead atoms. The van der Waals surface area contributed by atoms with Gasteiger partial charge in [0.2, 0.25) is 5.91 Å². The summed E-state index contributed by atoms with van der Waals surface area (Å²) in [7, 11) is 0. The van der Waals surface area contributed by atoms with Crippen LogP contribution in [-0.2, 0) is 11.2 Å². The number of carbonyl (C=O) groups excluding carboxylic acids is 1. The van der Waals surface area contributed by atoms with Crippen LogP contribution >= 0.6 is 0 Å². The normalized spacial score (nSPS) is 16.9. The van der Waals surface area contributed by atoms with E-state index >= 15 is 0 Å². The van der Waals surface area contributed by atoms with Crippen LogP contribution in [-0.4, -0.2) is 12.5 Å². The molecule has 1 aliphatic rings. The minimum absolute atomic E-state index is 0.138. The first kappa shape index (κ1) is 16.0. The van der Waals surface area contributed by atoms with Gasteiger partial charge in [0.15, 0.2) is 0 Å². The summed E-state index contributed by atoms with van der Waals surface area (Å²) in [6.45, 7) is 9.96. The van der Waals surface area contributed by atoms with Gasteiger partial charge in [-0.1, -0.05) is 39.8 Å². The van der Waals surface area contributed by atoms with Gasteiger partial charge in [-0.2, -0.15) is 0 Å². The van der Waals surface area contributed by atoms with Crippen LogP contribution in [0.4, 0.5) is 5.69 Å². The number of amides is 1. The van der Waals surface area contributed by atoms with Crippen molar-refractivity contribution in [2.75, 3.05) is 11.9 Å². The lowest BCUT2D eigenvalue weighted by Gasteiger charge is -2.27. The molecular weight excluding hydrogens is 260 g/mol. The van der Waals surface area contributed by atoms with Crippen molar-refractivity contribution in [2.45, 2.75) is 59.4 Å². The molecule has 1 aliphatic heterocycles. The standard InChI is InChI=1S/C18H28N2O/c1-5-19-16(12-18(2,3)4)14-9-10-15-13(11-14)7-6-8-17(21)20-15/h9-11,16,19H,5-8,12H2,1-4H3,(H,20,21). The molecule has 0 fully saturated rings. The van der Waals surface area contributed by atoms with Gasteiger partial charge in [0.25, 0.3) is 0 Å². The number of benzene rings is 1. The Kier molecular flexibility index (Phi) is 5.04. The molecule has 1 aromatic carbocycles. The van der Waals surface area contributed by atoms with Crippen LogP contribution < -0.4 is 10.6 Å². The highest BCUT2D eigenvalue weighted by Crippen LogP contribution is 2.32. The molecule has 0 radical (unpaired) electrons. The minimum atomic E-state index is 0.138. The lowest BCUT2D eigenvalue weighted by Crippen LogP contribution is -2.25. The van der Waals surface area contributed by atoms with Crippen LogP contribution in [0.5, 0.6) is 0 Å². The molecule has 0 saturated heterocycles. The molecule has 116 valence electrons. The number of carbonyl (C=O) groups is 1. The Morgan fingerprint density at radius 3 is 2.71 bits per heavy atom. The zero-order chi connectivity index (χ0) is 15.5. The maximum Gasteiger partial charge on any atom is 0.224 e. The Hall–Kier alpha value is -1.35. The predicted molar refractivity (Wildman–Crippen MR) is 88.5 cm³/mol. The van der Waals surface area contributed by atoms with E-state index < -0.39 is 0 Å². The Balaban J connectivity index is 2.25. The van der Waals surface area contributed by atoms with E-state index in [1.807, 2.05) is 0 Å². The lowest BCUT2D eigenvalue weighted by atomic mass is 9.85. The van der Waals surface area contributed by atoms with E-state index in [0.717, 1.165) is 31.5 Å². The molecule has 0 aromatic heterocycles. The van der Waals surface area contributed by atoms with E-state index in [4.69, 9.17) is 0 Å². The number of hydrogen-bond acceptors (Lipinski definition) is 2. The maximum atomic E-state index is 11.6. The Bertz CT molecular complexity index is 502. The van der Waals surface area contributed by atoms with Gasteiger partial charge in [0.05, 0.1) is 0 Å². The summed E-state index contributed by atoms with van der Waals surface area (Å²) in [6.07, 6.45) is 3.65. The van der Waals surface area contributed by atoms with Gasteiger partial charge in [-0.05, 0) is 48.4 Å². The van der Waals surface area contributed by atoms with Crippen LogP contribution in [0.2, 0.25) is 0 Å². The molecule has 3 nitrogen and oxygen atoms in total. The molecule has 0 spiro atoms. The number of anilines is 1. The highest BCUT2D eigenvalue weighted by atomic mass is 16.1. The fourth-order valence-electron chi connectivity index (χ4n) is 2.98. The number of hydrogen-bond donors (Lipinski definition) is 2. The highest BCUT2D eigenvalue weighted by Gasteiger charge is 2.21. The third-order valence-electron chi connectivity index (χ3n) is 3.92. The largest absolute Gasteiger partial charge is 0.326 e. The number of fused-ring (bicyclic) bond motifs is 1. The first-order chi connectivity index (χ1) is 9.89. The molecule has 3 heteroatoms. The molecular formula is C18H28N2O. The Morgan fingerprint density at radius 2 is 2.05 bits per heavy atom. The van der Waals surface area contributed by atoms with E-state index in [-0.39, 0.29) is 11.3 Å². The van der Waals surface area contributed by atoms with E-state index in [1.54, 1.807) is 0 Å². The predicted octanol–water partition coefficient (Wildman–Crippen LogP) is 4.05. The van der Waals surface area contributed by atoms with E-state index in [9.17, 15) is 4.79 Å². The summed E-state index contributed by atoms with van der Waals surface area (Å²) >= 11 is 0. The maximum absolute atomic E-state index is 11.6. The molecule has 2 N–H and O–H groups in total. The summed E-state index contributed by atoms with van der Waals surface area (Å²) in [5.74, 6) is 0.138. The quantitative estimate of drug-likeness (QED) is 0.877. The van der Waals surface area contributed by atoms with Crippen molar-refractivity contribution in [1.29, 1.82) is 0 Å². The van der Waals surface area contributed by atoms with Gasteiger partial charge >= 0.3 is 0 Å². The second-order valence-electron chi connectivity index (χ2n) is 7.19. The van der Waals surface area contributed by atoms with Crippen LogP contribution in [0.1, 0.15) is 64.1 Å². The van der Waals surface area contributed by atoms with E-state index in [0.29, 0.717) is 12.5 Å². The summed E-state index contributed by atoms with van der Waals surface area (Å²) in [6, 6.07) is 6.88. The molecule has 0 saturated carbocycles. The third kappa shape index (κ3) is 4.57. The summed E-state index contributed by atoms with van der Waals surface area (Å²) in [4.78, 5) is 11.6. The summed E-state index contributed by atoms with van der Waals surface area (Å²) < 4.78 is 0. The van der Waals surface area contributed by atoms with Gasteiger partial charge in [-0.15, -0.1) is 0 Å². The van der Waals surface area contributed by atoms with Gasteiger partial charge in [-0.3, -0.25) is 4.79 Å². The molecule has 0 aliphatic carbocycles. The van der Waals surface area contributed by atoms with Gasteiger partial charge in [0, 0.05) is 18.2 Å². The Labute approximate surface area is 128 Å². The topological polar surface area (TPSA) is 41.1 Å². The molecule has 1 heterocycles. The van der Waals surface area contributed by atoms with Crippen molar-refractivity contribution in [2.24, 2.45) is 5.41 Å². The van der Waals surface area contributed by atoms with Crippen LogP contribution in [0.25, 0.3) is 0 Å². The van der Waals surface area contributed by atoms with Crippen molar-refractivity contribution in [3.8, 4) is 0 Å².